The molecule has 1 atom stereocenters. The van der Waals surface area contributed by atoms with Crippen LogP contribution in [0.15, 0.2) is 53.4 Å². The zero-order valence-electron chi connectivity index (χ0n) is 11.6. The zero-order valence-corrected chi connectivity index (χ0v) is 12.4. The molecule has 5 heteroatoms. The number of rotatable bonds is 5. The summed E-state index contributed by atoms with van der Waals surface area (Å²) >= 11 is 0. The summed E-state index contributed by atoms with van der Waals surface area (Å²) in [6, 6.07) is 11.6. The summed E-state index contributed by atoms with van der Waals surface area (Å²) in [7, 11) is -3.51. The predicted molar refractivity (Wildman–Crippen MR) is 78.1 cm³/mol. The van der Waals surface area contributed by atoms with Crippen LogP contribution in [0.1, 0.15) is 24.0 Å². The Hall–Kier alpha value is -1.75. The Balaban J connectivity index is 2.19. The summed E-state index contributed by atoms with van der Waals surface area (Å²) in [6.45, 7) is 1.32. The smallest absolute Gasteiger partial charge is 0.182 e. The molecule has 0 spiro atoms. The molecule has 0 aliphatic heterocycles. The third-order valence-corrected chi connectivity index (χ3v) is 5.01. The lowest BCUT2D eigenvalue weighted by Crippen LogP contribution is -2.05. The molecule has 21 heavy (non-hydrogen) atoms. The van der Waals surface area contributed by atoms with E-state index < -0.39 is 22.3 Å². The predicted octanol–water partition coefficient (Wildman–Crippen LogP) is 3.87. The number of sulfone groups is 1. The lowest BCUT2D eigenvalue weighted by molar-refractivity contribution is 0.447. The van der Waals surface area contributed by atoms with Crippen LogP contribution in [-0.4, -0.2) is 15.1 Å². The van der Waals surface area contributed by atoms with E-state index in [1.165, 1.54) is 12.1 Å². The second kappa shape index (κ2) is 6.35. The lowest BCUT2D eigenvalue weighted by Gasteiger charge is -2.09. The van der Waals surface area contributed by atoms with E-state index in [2.05, 4.69) is 0 Å². The van der Waals surface area contributed by atoms with Crippen LogP contribution in [0.3, 0.4) is 0 Å². The quantitative estimate of drug-likeness (QED) is 0.786. The van der Waals surface area contributed by atoms with E-state index in [9.17, 15) is 17.2 Å². The van der Waals surface area contributed by atoms with Crippen molar-refractivity contribution >= 4 is 9.84 Å². The van der Waals surface area contributed by atoms with Crippen molar-refractivity contribution in [1.82, 2.24) is 0 Å². The van der Waals surface area contributed by atoms with Crippen LogP contribution in [0, 0.1) is 5.82 Å². The Bertz CT molecular complexity index is 692. The number of benzene rings is 2. The van der Waals surface area contributed by atoms with Crippen LogP contribution < -0.4 is 0 Å². The molecule has 112 valence electrons. The second-order valence-corrected chi connectivity index (χ2v) is 7.00. The number of hydrogen-bond donors (Lipinski definition) is 0. The van der Waals surface area contributed by atoms with Gasteiger partial charge in [-0.1, -0.05) is 31.2 Å². The topological polar surface area (TPSA) is 34.1 Å². The highest BCUT2D eigenvalue weighted by molar-refractivity contribution is 7.90. The van der Waals surface area contributed by atoms with E-state index in [0.29, 0.717) is 5.56 Å². The van der Waals surface area contributed by atoms with Gasteiger partial charge in [-0.3, -0.25) is 4.39 Å². The van der Waals surface area contributed by atoms with Crippen molar-refractivity contribution < 1.29 is 17.2 Å². The van der Waals surface area contributed by atoms with Crippen molar-refractivity contribution in [3.05, 3.63) is 65.5 Å². The summed E-state index contributed by atoms with van der Waals surface area (Å²) < 4.78 is 49.8. The summed E-state index contributed by atoms with van der Waals surface area (Å²) in [5.74, 6) is -0.839. The first-order chi connectivity index (χ1) is 9.92. The summed E-state index contributed by atoms with van der Waals surface area (Å²) in [6.07, 6.45) is 0. The van der Waals surface area contributed by atoms with E-state index in [4.69, 9.17) is 0 Å². The maximum atomic E-state index is 12.8. The van der Waals surface area contributed by atoms with Crippen LogP contribution in [0.4, 0.5) is 8.78 Å². The number of hydrogen-bond acceptors (Lipinski definition) is 2. The van der Waals surface area contributed by atoms with Gasteiger partial charge < -0.3 is 0 Å². The Morgan fingerprint density at radius 2 is 1.57 bits per heavy atom. The molecule has 2 aromatic rings. The molecule has 0 aromatic heterocycles. The van der Waals surface area contributed by atoms with Crippen molar-refractivity contribution in [2.75, 3.05) is 6.67 Å². The molecule has 1 unspecified atom stereocenters. The van der Waals surface area contributed by atoms with E-state index >= 15 is 0 Å². The summed E-state index contributed by atoms with van der Waals surface area (Å²) in [5.41, 5.74) is 1.45. The molecule has 2 aromatic carbocycles. The van der Waals surface area contributed by atoms with Crippen LogP contribution in [0.2, 0.25) is 0 Å². The van der Waals surface area contributed by atoms with E-state index in [-0.39, 0.29) is 16.6 Å². The Morgan fingerprint density at radius 3 is 2.10 bits per heavy atom. The molecule has 0 saturated heterocycles. The molecule has 0 radical (unpaired) electrons. The first kappa shape index (κ1) is 15.6. The van der Waals surface area contributed by atoms with Gasteiger partial charge in [0, 0.05) is 5.92 Å². The van der Waals surface area contributed by atoms with E-state index in [1.807, 2.05) is 0 Å². The third-order valence-electron chi connectivity index (χ3n) is 3.31. The highest BCUT2D eigenvalue weighted by Gasteiger charge is 2.15. The van der Waals surface area contributed by atoms with Crippen molar-refractivity contribution in [3.63, 3.8) is 0 Å². The number of halogens is 2. The molecule has 2 nitrogen and oxygen atoms in total. The summed E-state index contributed by atoms with van der Waals surface area (Å²) in [4.78, 5) is 0.0881. The minimum Gasteiger partial charge on any atom is -0.250 e. The second-order valence-electron chi connectivity index (χ2n) is 5.01. The molecule has 0 aliphatic rings. The lowest BCUT2D eigenvalue weighted by atomic mass is 10.0. The van der Waals surface area contributed by atoms with Crippen molar-refractivity contribution in [2.24, 2.45) is 0 Å². The van der Waals surface area contributed by atoms with Crippen LogP contribution in [-0.2, 0) is 15.6 Å². The Morgan fingerprint density at radius 1 is 1.00 bits per heavy atom. The Labute approximate surface area is 123 Å². The van der Waals surface area contributed by atoms with Crippen LogP contribution in [0.25, 0.3) is 0 Å². The minimum absolute atomic E-state index is 0.0881. The maximum Gasteiger partial charge on any atom is 0.182 e. The van der Waals surface area contributed by atoms with E-state index in [0.717, 1.165) is 17.7 Å². The van der Waals surface area contributed by atoms with Gasteiger partial charge in [0.1, 0.15) is 5.82 Å². The van der Waals surface area contributed by atoms with Gasteiger partial charge in [0.05, 0.1) is 17.3 Å². The molecule has 0 saturated carbocycles. The SMILES string of the molecule is CC(CF)c1ccc(CS(=O)(=O)c2ccc(F)cc2)cc1. The van der Waals surface area contributed by atoms with Crippen molar-refractivity contribution in [3.8, 4) is 0 Å². The van der Waals surface area contributed by atoms with Gasteiger partial charge in [0.15, 0.2) is 9.84 Å². The third kappa shape index (κ3) is 3.88. The fourth-order valence-corrected chi connectivity index (χ4v) is 3.32. The molecule has 2 rings (SSSR count). The van der Waals surface area contributed by atoms with Gasteiger partial charge in [0.25, 0.3) is 0 Å². The monoisotopic (exact) mass is 310 g/mol. The van der Waals surface area contributed by atoms with E-state index in [1.54, 1.807) is 31.2 Å². The zero-order chi connectivity index (χ0) is 15.5. The molecule has 0 N–H and O–H groups in total. The fourth-order valence-electron chi connectivity index (χ4n) is 1.98. The normalized spacial score (nSPS) is 13.1. The highest BCUT2D eigenvalue weighted by Crippen LogP contribution is 2.20. The van der Waals surface area contributed by atoms with Gasteiger partial charge in [-0.2, -0.15) is 0 Å². The van der Waals surface area contributed by atoms with Gasteiger partial charge >= 0.3 is 0 Å². The largest absolute Gasteiger partial charge is 0.250 e. The van der Waals surface area contributed by atoms with Crippen molar-refractivity contribution in [2.45, 2.75) is 23.5 Å². The van der Waals surface area contributed by atoms with Crippen molar-refractivity contribution in [1.29, 1.82) is 0 Å². The molecule has 0 heterocycles. The van der Waals surface area contributed by atoms with Gasteiger partial charge in [-0.15, -0.1) is 0 Å². The first-order valence-corrected chi connectivity index (χ1v) is 8.21. The summed E-state index contributed by atoms with van der Waals surface area (Å²) in [5, 5.41) is 0. The molecular weight excluding hydrogens is 294 g/mol. The molecule has 0 fully saturated rings. The molecule has 0 bridgehead atoms. The van der Waals surface area contributed by atoms with Crippen LogP contribution in [0.5, 0.6) is 0 Å². The van der Waals surface area contributed by atoms with Gasteiger partial charge in [0.2, 0.25) is 0 Å². The standard InChI is InChI=1S/C16H16F2O2S/c1-12(10-17)14-4-2-13(3-5-14)11-21(19,20)16-8-6-15(18)7-9-16/h2-9,12H,10-11H2,1H3. The molecular formula is C16H16F2O2S. The maximum absolute atomic E-state index is 12.8. The number of alkyl halides is 1. The van der Waals surface area contributed by atoms with Crippen LogP contribution >= 0.6 is 0 Å². The Kier molecular flexibility index (Phi) is 4.73. The first-order valence-electron chi connectivity index (χ1n) is 6.55. The van der Waals surface area contributed by atoms with Gasteiger partial charge in [-0.05, 0) is 35.4 Å². The average Bonchev–Trinajstić information content (AvgIpc) is 2.47. The molecule has 0 amide bonds. The average molecular weight is 310 g/mol. The molecule has 0 aliphatic carbocycles. The highest BCUT2D eigenvalue weighted by atomic mass is 32.2. The minimum atomic E-state index is -3.51. The fraction of sp³-hybridized carbons (Fsp3) is 0.250. The van der Waals surface area contributed by atoms with Gasteiger partial charge in [-0.25, -0.2) is 12.8 Å².